The van der Waals surface area contributed by atoms with Gasteiger partial charge in [0.25, 0.3) is 0 Å². The second kappa shape index (κ2) is 7.13. The van der Waals surface area contributed by atoms with Crippen LogP contribution in [0.2, 0.25) is 0 Å². The van der Waals surface area contributed by atoms with Gasteiger partial charge in [0.15, 0.2) is 0 Å². The van der Waals surface area contributed by atoms with E-state index in [9.17, 15) is 4.79 Å². The van der Waals surface area contributed by atoms with Gasteiger partial charge in [0.05, 0.1) is 26.9 Å². The molecule has 0 aliphatic carbocycles. The second-order valence-corrected chi connectivity index (χ2v) is 4.91. The Bertz CT molecular complexity index is 527. The van der Waals surface area contributed by atoms with E-state index in [1.807, 2.05) is 25.1 Å². The fourth-order valence-corrected chi connectivity index (χ4v) is 2.25. The van der Waals surface area contributed by atoms with Gasteiger partial charge in [0.2, 0.25) is 5.91 Å². The summed E-state index contributed by atoms with van der Waals surface area (Å²) >= 11 is 0. The number of benzene rings is 1. The maximum Gasteiger partial charge on any atom is 0.246 e. The van der Waals surface area contributed by atoms with Crippen molar-refractivity contribution in [3.8, 4) is 11.5 Å². The van der Waals surface area contributed by atoms with Gasteiger partial charge < -0.3 is 19.1 Å². The van der Waals surface area contributed by atoms with Crippen LogP contribution in [0.5, 0.6) is 11.5 Å². The van der Waals surface area contributed by atoms with E-state index in [1.165, 1.54) is 0 Å². The molecule has 1 unspecified atom stereocenters. The lowest BCUT2D eigenvalue weighted by Crippen LogP contribution is -2.43. The van der Waals surface area contributed by atoms with E-state index in [0.717, 1.165) is 11.3 Å². The van der Waals surface area contributed by atoms with Crippen LogP contribution in [0.3, 0.4) is 0 Å². The van der Waals surface area contributed by atoms with Gasteiger partial charge in [-0.1, -0.05) is 0 Å². The lowest BCUT2D eigenvalue weighted by Gasteiger charge is -2.30. The molecule has 1 amide bonds. The molecule has 1 aromatic carbocycles. The molecular weight excluding hydrogens is 270 g/mol. The highest BCUT2D eigenvalue weighted by molar-refractivity contribution is 5.92. The Morgan fingerprint density at radius 3 is 2.86 bits per heavy atom. The normalized spacial score (nSPS) is 18.8. The molecular formula is C16H21NO4. The topological polar surface area (TPSA) is 48.0 Å². The fourth-order valence-electron chi connectivity index (χ4n) is 2.25. The maximum atomic E-state index is 12.2. The van der Waals surface area contributed by atoms with Crippen molar-refractivity contribution >= 4 is 12.0 Å². The van der Waals surface area contributed by atoms with E-state index < -0.39 is 0 Å². The number of hydrogen-bond donors (Lipinski definition) is 0. The molecule has 0 N–H and O–H groups in total. The van der Waals surface area contributed by atoms with Crippen molar-refractivity contribution < 1.29 is 19.0 Å². The van der Waals surface area contributed by atoms with Gasteiger partial charge in [-0.2, -0.15) is 0 Å². The largest absolute Gasteiger partial charge is 0.497 e. The molecule has 1 heterocycles. The van der Waals surface area contributed by atoms with Crippen LogP contribution in [-0.2, 0) is 9.53 Å². The molecule has 0 aromatic heterocycles. The lowest BCUT2D eigenvalue weighted by atomic mass is 10.1. The monoisotopic (exact) mass is 291 g/mol. The fraction of sp³-hybridized carbons (Fsp3) is 0.438. The number of carbonyl (C=O) groups excluding carboxylic acids is 1. The number of hydrogen-bond acceptors (Lipinski definition) is 4. The molecule has 1 saturated heterocycles. The zero-order valence-electron chi connectivity index (χ0n) is 12.7. The molecule has 0 bridgehead atoms. The third kappa shape index (κ3) is 3.98. The number of nitrogens with zero attached hydrogens (tertiary/aromatic N) is 1. The number of amides is 1. The zero-order valence-corrected chi connectivity index (χ0v) is 12.7. The Morgan fingerprint density at radius 1 is 1.38 bits per heavy atom. The van der Waals surface area contributed by atoms with Crippen LogP contribution in [0.15, 0.2) is 24.3 Å². The third-order valence-corrected chi connectivity index (χ3v) is 3.40. The Morgan fingerprint density at radius 2 is 2.19 bits per heavy atom. The highest BCUT2D eigenvalue weighted by atomic mass is 16.5. The first kappa shape index (κ1) is 15.4. The standard InChI is InChI=1S/C16H21NO4/c1-12-11-17(8-9-21-12)16(18)7-4-13-10-14(19-2)5-6-15(13)20-3/h4-7,10,12H,8-9,11H2,1-3H3/b7-4+. The molecule has 21 heavy (non-hydrogen) atoms. The molecule has 0 radical (unpaired) electrons. The maximum absolute atomic E-state index is 12.2. The predicted molar refractivity (Wildman–Crippen MR) is 80.6 cm³/mol. The van der Waals surface area contributed by atoms with Gasteiger partial charge >= 0.3 is 0 Å². The number of methoxy groups -OCH3 is 2. The summed E-state index contributed by atoms with van der Waals surface area (Å²) in [5.74, 6) is 1.41. The molecule has 2 rings (SSSR count). The SMILES string of the molecule is COc1ccc(OC)c(/C=C/C(=O)N2CCOC(C)C2)c1. The van der Waals surface area contributed by atoms with E-state index >= 15 is 0 Å². The number of morpholine rings is 1. The van der Waals surface area contributed by atoms with Gasteiger partial charge in [-0.3, -0.25) is 4.79 Å². The van der Waals surface area contributed by atoms with Gasteiger partial charge in [0, 0.05) is 24.7 Å². The third-order valence-electron chi connectivity index (χ3n) is 3.40. The molecule has 1 aromatic rings. The van der Waals surface area contributed by atoms with Crippen molar-refractivity contribution in [2.45, 2.75) is 13.0 Å². The molecule has 114 valence electrons. The first-order chi connectivity index (χ1) is 10.1. The van der Waals surface area contributed by atoms with Crippen molar-refractivity contribution in [2.24, 2.45) is 0 Å². The summed E-state index contributed by atoms with van der Waals surface area (Å²) in [7, 11) is 3.21. The average Bonchev–Trinajstić information content (AvgIpc) is 2.52. The smallest absolute Gasteiger partial charge is 0.246 e. The Balaban J connectivity index is 2.10. The summed E-state index contributed by atoms with van der Waals surface area (Å²) in [5.41, 5.74) is 0.812. The lowest BCUT2D eigenvalue weighted by molar-refractivity contribution is -0.132. The number of carbonyl (C=O) groups is 1. The highest BCUT2D eigenvalue weighted by Crippen LogP contribution is 2.25. The van der Waals surface area contributed by atoms with Crippen LogP contribution < -0.4 is 9.47 Å². The quantitative estimate of drug-likeness (QED) is 0.796. The van der Waals surface area contributed by atoms with E-state index in [0.29, 0.717) is 25.4 Å². The summed E-state index contributed by atoms with van der Waals surface area (Å²) in [4.78, 5) is 14.0. The van der Waals surface area contributed by atoms with E-state index in [1.54, 1.807) is 31.3 Å². The summed E-state index contributed by atoms with van der Waals surface area (Å²) in [6, 6.07) is 5.48. The molecule has 1 aliphatic rings. The summed E-state index contributed by atoms with van der Waals surface area (Å²) < 4.78 is 15.9. The summed E-state index contributed by atoms with van der Waals surface area (Å²) in [6.07, 6.45) is 3.40. The zero-order chi connectivity index (χ0) is 15.2. The molecule has 0 spiro atoms. The summed E-state index contributed by atoms with van der Waals surface area (Å²) in [5, 5.41) is 0. The molecule has 5 heteroatoms. The molecule has 0 saturated carbocycles. The Hall–Kier alpha value is -2.01. The average molecular weight is 291 g/mol. The molecule has 5 nitrogen and oxygen atoms in total. The van der Waals surface area contributed by atoms with Crippen LogP contribution >= 0.6 is 0 Å². The van der Waals surface area contributed by atoms with Gasteiger partial charge in [-0.15, -0.1) is 0 Å². The predicted octanol–water partition coefficient (Wildman–Crippen LogP) is 1.96. The van der Waals surface area contributed by atoms with Crippen LogP contribution in [0.25, 0.3) is 6.08 Å². The number of ether oxygens (including phenoxy) is 3. The highest BCUT2D eigenvalue weighted by Gasteiger charge is 2.19. The van der Waals surface area contributed by atoms with Crippen LogP contribution in [0.1, 0.15) is 12.5 Å². The van der Waals surface area contributed by atoms with Gasteiger partial charge in [0.1, 0.15) is 11.5 Å². The van der Waals surface area contributed by atoms with Crippen molar-refractivity contribution in [2.75, 3.05) is 33.9 Å². The number of rotatable bonds is 4. The van der Waals surface area contributed by atoms with E-state index in [2.05, 4.69) is 0 Å². The van der Waals surface area contributed by atoms with Crippen LogP contribution in [0, 0.1) is 0 Å². The summed E-state index contributed by atoms with van der Waals surface area (Å²) in [6.45, 7) is 3.80. The van der Waals surface area contributed by atoms with Gasteiger partial charge in [-0.05, 0) is 31.2 Å². The molecule has 1 aliphatic heterocycles. The second-order valence-electron chi connectivity index (χ2n) is 4.91. The van der Waals surface area contributed by atoms with Crippen LogP contribution in [-0.4, -0.2) is 50.8 Å². The van der Waals surface area contributed by atoms with Crippen molar-refractivity contribution in [3.05, 3.63) is 29.8 Å². The minimum absolute atomic E-state index is 0.0185. The molecule has 1 atom stereocenters. The van der Waals surface area contributed by atoms with Gasteiger partial charge in [-0.25, -0.2) is 0 Å². The Kier molecular flexibility index (Phi) is 5.22. The molecule has 1 fully saturated rings. The van der Waals surface area contributed by atoms with Crippen molar-refractivity contribution in [3.63, 3.8) is 0 Å². The van der Waals surface area contributed by atoms with Crippen molar-refractivity contribution in [1.82, 2.24) is 4.90 Å². The minimum Gasteiger partial charge on any atom is -0.497 e. The van der Waals surface area contributed by atoms with E-state index in [-0.39, 0.29) is 12.0 Å². The Labute approximate surface area is 125 Å². The van der Waals surface area contributed by atoms with E-state index in [4.69, 9.17) is 14.2 Å². The first-order valence-corrected chi connectivity index (χ1v) is 6.94. The minimum atomic E-state index is -0.0185. The van der Waals surface area contributed by atoms with Crippen molar-refractivity contribution in [1.29, 1.82) is 0 Å². The van der Waals surface area contributed by atoms with Crippen LogP contribution in [0.4, 0.5) is 0 Å². The first-order valence-electron chi connectivity index (χ1n) is 6.94.